The van der Waals surface area contributed by atoms with Crippen LogP contribution in [0.15, 0.2) is 24.3 Å². The summed E-state index contributed by atoms with van der Waals surface area (Å²) in [6.45, 7) is 0. The van der Waals surface area contributed by atoms with Gasteiger partial charge in [0.25, 0.3) is 0 Å². The number of aromatic nitrogens is 1. The lowest BCUT2D eigenvalue weighted by Crippen LogP contribution is -2.05. The summed E-state index contributed by atoms with van der Waals surface area (Å²) in [7, 11) is 0. The number of hydrogen-bond acceptors (Lipinski definition) is 5. The fourth-order valence-electron chi connectivity index (χ4n) is 1.67. The lowest BCUT2D eigenvalue weighted by molar-refractivity contribution is 1.29. The van der Waals surface area contributed by atoms with Gasteiger partial charge in [0.05, 0.1) is 11.4 Å². The molecule has 4 N–H and O–H groups in total. The van der Waals surface area contributed by atoms with Gasteiger partial charge in [0.1, 0.15) is 29.1 Å². The number of nitriles is 2. The largest absolute Gasteiger partial charge is 0.396 e. The normalized spacial score (nSPS) is 9.63. The second kappa shape index (κ2) is 4.85. The number of hydrogen-bond donors (Lipinski definition) is 2. The van der Waals surface area contributed by atoms with Crippen LogP contribution in [-0.4, -0.2) is 4.98 Å². The predicted molar refractivity (Wildman–Crippen MR) is 72.9 cm³/mol. The number of halogens is 1. The van der Waals surface area contributed by atoms with Crippen LogP contribution in [-0.2, 0) is 0 Å². The lowest BCUT2D eigenvalue weighted by Gasteiger charge is -2.09. The fraction of sp³-hybridized carbons (Fsp3) is 0. The van der Waals surface area contributed by atoms with Crippen LogP contribution >= 0.6 is 11.6 Å². The molecule has 0 atom stereocenters. The van der Waals surface area contributed by atoms with Gasteiger partial charge in [-0.05, 0) is 12.1 Å². The molecule has 0 saturated carbocycles. The number of nitrogens with two attached hydrogens (primary N) is 2. The SMILES string of the molecule is N#Cc1c(N)nc(-c2ccc(Cl)cc2)c(C#N)c1N. The molecule has 5 nitrogen and oxygen atoms in total. The van der Waals surface area contributed by atoms with Gasteiger partial charge in [-0.2, -0.15) is 10.5 Å². The second-order valence-electron chi connectivity index (χ2n) is 3.74. The van der Waals surface area contributed by atoms with Crippen molar-refractivity contribution in [1.82, 2.24) is 4.98 Å². The fourth-order valence-corrected chi connectivity index (χ4v) is 1.80. The van der Waals surface area contributed by atoms with Crippen molar-refractivity contribution in [2.24, 2.45) is 0 Å². The monoisotopic (exact) mass is 269 g/mol. The maximum Gasteiger partial charge on any atom is 0.144 e. The molecule has 92 valence electrons. The molecule has 0 aliphatic rings. The zero-order valence-corrected chi connectivity index (χ0v) is 10.4. The van der Waals surface area contributed by atoms with Crippen LogP contribution in [0.5, 0.6) is 0 Å². The minimum atomic E-state index is 0.00366. The van der Waals surface area contributed by atoms with Crippen molar-refractivity contribution < 1.29 is 0 Å². The highest BCUT2D eigenvalue weighted by atomic mass is 35.5. The zero-order valence-electron chi connectivity index (χ0n) is 9.68. The minimum absolute atomic E-state index is 0.00366. The van der Waals surface area contributed by atoms with Gasteiger partial charge in [-0.3, -0.25) is 0 Å². The van der Waals surface area contributed by atoms with E-state index in [1.54, 1.807) is 24.3 Å². The van der Waals surface area contributed by atoms with Gasteiger partial charge < -0.3 is 11.5 Å². The summed E-state index contributed by atoms with van der Waals surface area (Å²) in [5.41, 5.74) is 12.7. The Morgan fingerprint density at radius 1 is 1.00 bits per heavy atom. The van der Waals surface area contributed by atoms with Gasteiger partial charge in [0, 0.05) is 10.6 Å². The number of pyridine rings is 1. The maximum atomic E-state index is 9.18. The van der Waals surface area contributed by atoms with Gasteiger partial charge in [0.15, 0.2) is 0 Å². The Labute approximate surface area is 114 Å². The van der Waals surface area contributed by atoms with Crippen LogP contribution in [0.3, 0.4) is 0 Å². The molecule has 0 unspecified atom stereocenters. The van der Waals surface area contributed by atoms with Crippen LogP contribution in [0.1, 0.15) is 11.1 Å². The van der Waals surface area contributed by atoms with Crippen LogP contribution in [0.2, 0.25) is 5.02 Å². The number of nitrogen functional groups attached to an aromatic ring is 2. The van der Waals surface area contributed by atoms with Gasteiger partial charge in [0.2, 0.25) is 0 Å². The quantitative estimate of drug-likeness (QED) is 0.825. The Bertz CT molecular complexity index is 723. The Hall–Kier alpha value is -2.76. The molecular formula is C13H8ClN5. The molecule has 0 fully saturated rings. The highest BCUT2D eigenvalue weighted by Crippen LogP contribution is 2.31. The molecule has 0 aliphatic carbocycles. The molecule has 1 aromatic heterocycles. The Balaban J connectivity index is 2.75. The van der Waals surface area contributed by atoms with Crippen LogP contribution in [0, 0.1) is 22.7 Å². The van der Waals surface area contributed by atoms with E-state index in [-0.39, 0.29) is 22.6 Å². The van der Waals surface area contributed by atoms with Crippen molar-refractivity contribution in [2.45, 2.75) is 0 Å². The summed E-state index contributed by atoms with van der Waals surface area (Å²) < 4.78 is 0. The van der Waals surface area contributed by atoms with E-state index in [1.165, 1.54) is 0 Å². The van der Waals surface area contributed by atoms with Crippen LogP contribution in [0.25, 0.3) is 11.3 Å². The molecule has 2 aromatic rings. The molecule has 0 aliphatic heterocycles. The first kappa shape index (κ1) is 12.7. The Morgan fingerprint density at radius 2 is 1.58 bits per heavy atom. The topological polar surface area (TPSA) is 113 Å². The molecule has 0 amide bonds. The molecular weight excluding hydrogens is 262 g/mol. The van der Waals surface area contributed by atoms with Crippen molar-refractivity contribution in [3.8, 4) is 23.4 Å². The van der Waals surface area contributed by atoms with Gasteiger partial charge in [-0.15, -0.1) is 0 Å². The van der Waals surface area contributed by atoms with E-state index >= 15 is 0 Å². The molecule has 19 heavy (non-hydrogen) atoms. The molecule has 6 heteroatoms. The van der Waals surface area contributed by atoms with Gasteiger partial charge in [-0.25, -0.2) is 4.98 Å². The standard InChI is InChI=1S/C13H8ClN5/c14-8-3-1-7(2-4-8)12-9(5-15)11(17)10(6-16)13(18)19-12/h1-4H,(H4,17,18,19). The first-order valence-electron chi connectivity index (χ1n) is 5.23. The minimum Gasteiger partial charge on any atom is -0.396 e. The number of nitrogens with zero attached hydrogens (tertiary/aromatic N) is 3. The summed E-state index contributed by atoms with van der Waals surface area (Å²) in [6, 6.07) is 10.5. The molecule has 1 aromatic carbocycles. The van der Waals surface area contributed by atoms with E-state index < -0.39 is 0 Å². The van der Waals surface area contributed by atoms with Crippen molar-refractivity contribution in [2.75, 3.05) is 11.5 Å². The summed E-state index contributed by atoms with van der Waals surface area (Å²) >= 11 is 5.81. The van der Waals surface area contributed by atoms with E-state index in [1.807, 2.05) is 12.1 Å². The summed E-state index contributed by atoms with van der Waals surface area (Å²) in [4.78, 5) is 4.09. The third kappa shape index (κ3) is 2.15. The average molecular weight is 270 g/mol. The van der Waals surface area contributed by atoms with E-state index in [4.69, 9.17) is 28.3 Å². The smallest absolute Gasteiger partial charge is 0.144 e. The summed E-state index contributed by atoms with van der Waals surface area (Å²) in [5.74, 6) is 0.00366. The lowest BCUT2D eigenvalue weighted by atomic mass is 10.0. The van der Waals surface area contributed by atoms with E-state index in [9.17, 15) is 5.26 Å². The predicted octanol–water partition coefficient (Wildman–Crippen LogP) is 2.31. The maximum absolute atomic E-state index is 9.18. The first-order chi connectivity index (χ1) is 9.08. The Kier molecular flexibility index (Phi) is 3.24. The van der Waals surface area contributed by atoms with E-state index in [0.29, 0.717) is 16.3 Å². The number of anilines is 2. The van der Waals surface area contributed by atoms with Crippen molar-refractivity contribution in [3.63, 3.8) is 0 Å². The van der Waals surface area contributed by atoms with Crippen LogP contribution < -0.4 is 11.5 Å². The van der Waals surface area contributed by atoms with Gasteiger partial charge >= 0.3 is 0 Å². The molecule has 0 radical (unpaired) electrons. The number of benzene rings is 1. The van der Waals surface area contributed by atoms with Gasteiger partial charge in [-0.1, -0.05) is 23.7 Å². The second-order valence-corrected chi connectivity index (χ2v) is 4.18. The van der Waals surface area contributed by atoms with Crippen molar-refractivity contribution in [1.29, 1.82) is 10.5 Å². The van der Waals surface area contributed by atoms with Crippen molar-refractivity contribution >= 4 is 23.1 Å². The highest BCUT2D eigenvalue weighted by Gasteiger charge is 2.17. The zero-order chi connectivity index (χ0) is 14.0. The first-order valence-corrected chi connectivity index (χ1v) is 5.61. The molecule has 1 heterocycles. The van der Waals surface area contributed by atoms with E-state index in [0.717, 1.165) is 0 Å². The summed E-state index contributed by atoms with van der Waals surface area (Å²) in [5, 5.41) is 18.7. The third-order valence-electron chi connectivity index (χ3n) is 2.61. The third-order valence-corrected chi connectivity index (χ3v) is 2.86. The molecule has 0 bridgehead atoms. The van der Waals surface area contributed by atoms with E-state index in [2.05, 4.69) is 4.98 Å². The molecule has 0 spiro atoms. The average Bonchev–Trinajstić information content (AvgIpc) is 2.39. The number of rotatable bonds is 1. The Morgan fingerprint density at radius 3 is 2.11 bits per heavy atom. The molecule has 2 rings (SSSR count). The van der Waals surface area contributed by atoms with Crippen LogP contribution in [0.4, 0.5) is 11.5 Å². The molecule has 0 saturated heterocycles. The highest BCUT2D eigenvalue weighted by molar-refractivity contribution is 6.30. The summed E-state index contributed by atoms with van der Waals surface area (Å²) in [6.07, 6.45) is 0. The van der Waals surface area contributed by atoms with Crippen molar-refractivity contribution in [3.05, 3.63) is 40.4 Å².